The summed E-state index contributed by atoms with van der Waals surface area (Å²) >= 11 is 0. The molecule has 9 heteroatoms. The van der Waals surface area contributed by atoms with E-state index in [-0.39, 0.29) is 0 Å². The van der Waals surface area contributed by atoms with Crippen LogP contribution in [0.3, 0.4) is 0 Å². The van der Waals surface area contributed by atoms with Crippen LogP contribution in [0.5, 0.6) is 0 Å². The number of urea groups is 2. The maximum absolute atomic E-state index is 13.7. The van der Waals surface area contributed by atoms with Crippen molar-refractivity contribution in [2.75, 3.05) is 16.8 Å². The largest absolute Gasteiger partial charge is 0.480 e. The van der Waals surface area contributed by atoms with Gasteiger partial charge in [0.15, 0.2) is 6.17 Å². The predicted molar refractivity (Wildman–Crippen MR) is 141 cm³/mol. The van der Waals surface area contributed by atoms with Crippen LogP contribution >= 0.6 is 0 Å². The first-order valence-corrected chi connectivity index (χ1v) is 11.8. The lowest BCUT2D eigenvalue weighted by molar-refractivity contribution is -0.140. The van der Waals surface area contributed by atoms with Crippen molar-refractivity contribution in [2.24, 2.45) is 0 Å². The summed E-state index contributed by atoms with van der Waals surface area (Å²) in [6.45, 7) is 2.65. The van der Waals surface area contributed by atoms with Crippen molar-refractivity contribution in [1.82, 2.24) is 9.96 Å². The number of carboxylic acid groups (broad SMARTS) is 1. The van der Waals surface area contributed by atoms with E-state index in [2.05, 4.69) is 5.32 Å². The van der Waals surface area contributed by atoms with Gasteiger partial charge in [0, 0.05) is 10.8 Å². The molecule has 188 valence electrons. The Morgan fingerprint density at radius 2 is 1.46 bits per heavy atom. The topological polar surface area (TPSA) is 113 Å². The lowest BCUT2D eigenvalue weighted by atomic mass is 9.99. The molecule has 0 bridgehead atoms. The molecule has 1 fully saturated rings. The third-order valence-corrected chi connectivity index (χ3v) is 6.80. The SMILES string of the molecule is CC1(C)[C@H](N(O)C(=O)Nc2cccc3ccccc23)N(c2cccc3ccccc23)C(=O)N1CC(=O)O. The number of aliphatic carboxylic acids is 1. The Morgan fingerprint density at radius 1 is 0.892 bits per heavy atom. The first-order valence-electron chi connectivity index (χ1n) is 11.8. The molecule has 1 heterocycles. The van der Waals surface area contributed by atoms with Gasteiger partial charge in [-0.15, -0.1) is 0 Å². The second kappa shape index (κ2) is 9.11. The zero-order valence-electron chi connectivity index (χ0n) is 20.3. The molecule has 4 amide bonds. The van der Waals surface area contributed by atoms with E-state index >= 15 is 0 Å². The molecule has 1 aliphatic heterocycles. The molecule has 0 saturated carbocycles. The van der Waals surface area contributed by atoms with Crippen LogP contribution < -0.4 is 10.2 Å². The molecule has 0 radical (unpaired) electrons. The van der Waals surface area contributed by atoms with Crippen molar-refractivity contribution < 1.29 is 24.7 Å². The molecule has 37 heavy (non-hydrogen) atoms. The Balaban J connectivity index is 1.58. The zero-order chi connectivity index (χ0) is 26.3. The van der Waals surface area contributed by atoms with E-state index < -0.39 is 36.3 Å². The molecule has 0 aliphatic carbocycles. The van der Waals surface area contributed by atoms with Gasteiger partial charge in [-0.2, -0.15) is 5.06 Å². The number of fused-ring (bicyclic) bond motifs is 2. The Labute approximate surface area is 213 Å². The number of nitrogens with one attached hydrogen (secondary N) is 1. The van der Waals surface area contributed by atoms with Gasteiger partial charge in [-0.25, -0.2) is 9.59 Å². The van der Waals surface area contributed by atoms with Gasteiger partial charge in [-0.3, -0.25) is 14.9 Å². The van der Waals surface area contributed by atoms with Gasteiger partial charge in [0.05, 0.1) is 16.9 Å². The normalized spacial score (nSPS) is 16.8. The number of rotatable bonds is 5. The smallest absolute Gasteiger partial charge is 0.347 e. The first kappa shape index (κ1) is 24.1. The van der Waals surface area contributed by atoms with Gasteiger partial charge in [0.1, 0.15) is 6.54 Å². The van der Waals surface area contributed by atoms with Crippen LogP contribution in [0.25, 0.3) is 21.5 Å². The van der Waals surface area contributed by atoms with Gasteiger partial charge >= 0.3 is 18.0 Å². The van der Waals surface area contributed by atoms with E-state index in [1.54, 1.807) is 38.1 Å². The average Bonchev–Trinajstić information content (AvgIpc) is 3.08. The standard InChI is InChI=1S/C28H26N4O5/c1-28(2)25(32(37)26(35)29-22-15-7-11-18-9-3-5-13-20(18)22)31(27(36)30(28)17-24(33)34)23-16-8-12-19-10-4-6-14-21(19)23/h3-16,25,37H,17H2,1-2H3,(H,29,35)(H,33,34)/t25-/m0/s1. The van der Waals surface area contributed by atoms with Crippen molar-refractivity contribution in [1.29, 1.82) is 0 Å². The van der Waals surface area contributed by atoms with E-state index in [9.17, 15) is 24.7 Å². The number of benzene rings is 4. The van der Waals surface area contributed by atoms with Crippen LogP contribution in [0.4, 0.5) is 21.0 Å². The van der Waals surface area contributed by atoms with E-state index in [4.69, 9.17) is 0 Å². The number of carboxylic acids is 1. The monoisotopic (exact) mass is 498 g/mol. The van der Waals surface area contributed by atoms with Gasteiger partial charge in [0.2, 0.25) is 0 Å². The highest BCUT2D eigenvalue weighted by Crippen LogP contribution is 2.40. The molecule has 1 aliphatic rings. The summed E-state index contributed by atoms with van der Waals surface area (Å²) in [7, 11) is 0. The fraction of sp³-hybridized carbons (Fsp3) is 0.179. The maximum Gasteiger partial charge on any atom is 0.347 e. The minimum absolute atomic E-state index is 0.450. The molecule has 5 rings (SSSR count). The molecule has 0 unspecified atom stereocenters. The highest BCUT2D eigenvalue weighted by atomic mass is 16.5. The van der Waals surface area contributed by atoms with Crippen LogP contribution in [0.1, 0.15) is 13.8 Å². The van der Waals surface area contributed by atoms with Crippen molar-refractivity contribution >= 4 is 51.0 Å². The number of hydrogen-bond donors (Lipinski definition) is 3. The summed E-state index contributed by atoms with van der Waals surface area (Å²) in [6, 6.07) is 24.2. The number of amides is 4. The molecule has 1 saturated heterocycles. The Hall–Kier alpha value is -4.63. The van der Waals surface area contributed by atoms with Crippen LogP contribution in [0.15, 0.2) is 84.9 Å². The predicted octanol–water partition coefficient (Wildman–Crippen LogP) is 5.35. The number of anilines is 2. The Kier molecular flexibility index (Phi) is 5.93. The molecule has 9 nitrogen and oxygen atoms in total. The zero-order valence-corrected chi connectivity index (χ0v) is 20.3. The second-order valence-electron chi connectivity index (χ2n) is 9.46. The summed E-state index contributed by atoms with van der Waals surface area (Å²) in [4.78, 5) is 41.2. The van der Waals surface area contributed by atoms with E-state index in [0.717, 1.165) is 26.4 Å². The molecular weight excluding hydrogens is 472 g/mol. The third kappa shape index (κ3) is 4.09. The van der Waals surface area contributed by atoms with Crippen molar-refractivity contribution in [3.63, 3.8) is 0 Å². The minimum atomic E-state index is -1.27. The second-order valence-corrected chi connectivity index (χ2v) is 9.46. The summed E-state index contributed by atoms with van der Waals surface area (Å²) in [5.41, 5.74) is -0.327. The molecule has 0 spiro atoms. The molecule has 4 aromatic carbocycles. The molecule has 0 aromatic heterocycles. The Bertz CT molecular complexity index is 1530. The average molecular weight is 499 g/mol. The van der Waals surface area contributed by atoms with Crippen molar-refractivity contribution in [3.8, 4) is 0 Å². The van der Waals surface area contributed by atoms with E-state index in [0.29, 0.717) is 16.4 Å². The number of hydrogen-bond acceptors (Lipinski definition) is 4. The number of carbonyl (C=O) groups is 3. The fourth-order valence-electron chi connectivity index (χ4n) is 5.02. The third-order valence-electron chi connectivity index (χ3n) is 6.80. The Morgan fingerprint density at radius 3 is 2.14 bits per heavy atom. The quantitative estimate of drug-likeness (QED) is 0.254. The molecular formula is C28H26N4O5. The maximum atomic E-state index is 13.7. The summed E-state index contributed by atoms with van der Waals surface area (Å²) in [5.74, 6) is -1.20. The van der Waals surface area contributed by atoms with Gasteiger partial charge in [0.25, 0.3) is 0 Å². The number of carbonyl (C=O) groups excluding carboxylic acids is 2. The molecule has 4 aromatic rings. The lowest BCUT2D eigenvalue weighted by Gasteiger charge is -2.38. The van der Waals surface area contributed by atoms with Crippen LogP contribution in [-0.2, 0) is 4.79 Å². The minimum Gasteiger partial charge on any atom is -0.480 e. The van der Waals surface area contributed by atoms with Crippen molar-refractivity contribution in [2.45, 2.75) is 25.6 Å². The van der Waals surface area contributed by atoms with Crippen molar-refractivity contribution in [3.05, 3.63) is 84.9 Å². The van der Waals surface area contributed by atoms with E-state index in [1.165, 1.54) is 4.90 Å². The van der Waals surface area contributed by atoms with E-state index in [1.807, 2.05) is 60.7 Å². The highest BCUT2D eigenvalue weighted by Gasteiger charge is 2.56. The summed E-state index contributed by atoms with van der Waals surface area (Å²) in [6.07, 6.45) is -1.24. The number of nitrogens with zero attached hydrogens (tertiary/aromatic N) is 3. The van der Waals surface area contributed by atoms with Crippen LogP contribution in [0.2, 0.25) is 0 Å². The highest BCUT2D eigenvalue weighted by molar-refractivity contribution is 6.07. The fourth-order valence-corrected chi connectivity index (χ4v) is 5.02. The summed E-state index contributed by atoms with van der Waals surface area (Å²) in [5, 5.41) is 27.3. The number of hydroxylamine groups is 2. The van der Waals surface area contributed by atoms with Gasteiger partial charge in [-0.05, 0) is 36.8 Å². The van der Waals surface area contributed by atoms with Crippen LogP contribution in [-0.4, -0.2) is 56.6 Å². The lowest BCUT2D eigenvalue weighted by Crippen LogP contribution is -2.58. The molecule has 1 atom stereocenters. The van der Waals surface area contributed by atoms with Gasteiger partial charge < -0.3 is 15.3 Å². The molecule has 3 N–H and O–H groups in total. The first-order chi connectivity index (χ1) is 17.7. The summed E-state index contributed by atoms with van der Waals surface area (Å²) < 4.78 is 0. The van der Waals surface area contributed by atoms with Crippen LogP contribution in [0, 0.1) is 0 Å². The van der Waals surface area contributed by atoms with Gasteiger partial charge in [-0.1, -0.05) is 72.8 Å².